The number of rotatable bonds is 4. The zero-order chi connectivity index (χ0) is 17.2. The van der Waals surface area contributed by atoms with Gasteiger partial charge in [-0.05, 0) is 37.0 Å². The first-order chi connectivity index (χ1) is 11.4. The van der Waals surface area contributed by atoms with Gasteiger partial charge < -0.3 is 4.90 Å². The van der Waals surface area contributed by atoms with Crippen LogP contribution in [0.2, 0.25) is 0 Å². The van der Waals surface area contributed by atoms with Crippen molar-refractivity contribution in [2.75, 3.05) is 37.7 Å². The Kier molecular flexibility index (Phi) is 5.20. The molecule has 1 amide bonds. The number of nitrogens with zero attached hydrogens (tertiary/aromatic N) is 2. The Hall–Kier alpha value is -1.47. The molecule has 1 aromatic carbocycles. The van der Waals surface area contributed by atoms with Gasteiger partial charge in [0.15, 0.2) is 9.84 Å². The monoisotopic (exact) mass is 354 g/mol. The van der Waals surface area contributed by atoms with Gasteiger partial charge in [-0.15, -0.1) is 0 Å². The molecular weight excluding hydrogens is 331 g/mol. The number of hydrogen-bond acceptors (Lipinski definition) is 4. The normalized spacial score (nSPS) is 24.2. The molecule has 0 aromatic heterocycles. The molecule has 3 rings (SSSR count). The average molecular weight is 354 g/mol. The predicted octanol–water partition coefficient (Wildman–Crippen LogP) is 1.09. The van der Waals surface area contributed by atoms with E-state index in [9.17, 15) is 17.6 Å². The van der Waals surface area contributed by atoms with E-state index in [1.54, 1.807) is 6.07 Å². The van der Waals surface area contributed by atoms with Crippen LogP contribution in [0.1, 0.15) is 18.4 Å². The summed E-state index contributed by atoms with van der Waals surface area (Å²) in [4.78, 5) is 16.4. The maximum atomic E-state index is 13.3. The molecule has 2 saturated heterocycles. The van der Waals surface area contributed by atoms with Crippen LogP contribution in [-0.2, 0) is 21.1 Å². The summed E-state index contributed by atoms with van der Waals surface area (Å²) in [5, 5.41) is 0. The second kappa shape index (κ2) is 7.19. The molecule has 7 heteroatoms. The fraction of sp³-hybridized carbons (Fsp3) is 0.588. The Labute approximate surface area is 142 Å². The molecule has 0 spiro atoms. The first-order valence-corrected chi connectivity index (χ1v) is 10.2. The summed E-state index contributed by atoms with van der Waals surface area (Å²) < 4.78 is 36.3. The van der Waals surface area contributed by atoms with E-state index in [-0.39, 0.29) is 35.8 Å². The molecule has 0 N–H and O–H groups in total. The van der Waals surface area contributed by atoms with E-state index < -0.39 is 9.84 Å². The van der Waals surface area contributed by atoms with Crippen molar-refractivity contribution in [1.29, 1.82) is 0 Å². The Morgan fingerprint density at radius 1 is 1.21 bits per heavy atom. The molecule has 0 radical (unpaired) electrons. The highest BCUT2D eigenvalue weighted by atomic mass is 32.2. The molecule has 0 bridgehead atoms. The number of sulfone groups is 1. The first kappa shape index (κ1) is 17.4. The van der Waals surface area contributed by atoms with Crippen LogP contribution in [0.4, 0.5) is 4.39 Å². The van der Waals surface area contributed by atoms with Crippen molar-refractivity contribution in [3.63, 3.8) is 0 Å². The van der Waals surface area contributed by atoms with Crippen LogP contribution in [0, 0.1) is 5.82 Å². The molecule has 5 nitrogen and oxygen atoms in total. The van der Waals surface area contributed by atoms with Crippen molar-refractivity contribution in [2.24, 2.45) is 0 Å². The number of amides is 1. The number of carbonyl (C=O) groups excluding carboxylic acids is 1. The highest BCUT2D eigenvalue weighted by molar-refractivity contribution is 7.91. The van der Waals surface area contributed by atoms with Crippen molar-refractivity contribution in [1.82, 2.24) is 9.80 Å². The van der Waals surface area contributed by atoms with Crippen molar-refractivity contribution >= 4 is 15.7 Å². The van der Waals surface area contributed by atoms with Gasteiger partial charge in [-0.2, -0.15) is 0 Å². The molecule has 2 aliphatic heterocycles. The van der Waals surface area contributed by atoms with Gasteiger partial charge in [-0.3, -0.25) is 9.69 Å². The van der Waals surface area contributed by atoms with E-state index in [0.717, 1.165) is 24.9 Å². The third-order valence-electron chi connectivity index (χ3n) is 4.85. The highest BCUT2D eigenvalue weighted by Crippen LogP contribution is 2.22. The SMILES string of the molecule is O=C(CN1CCS(=O)(=O)CC1)N1CCC[C@@H]1Cc1cccc(F)c1. The van der Waals surface area contributed by atoms with Gasteiger partial charge in [0.2, 0.25) is 5.91 Å². The number of likely N-dealkylation sites (tertiary alicyclic amines) is 1. The molecule has 0 unspecified atom stereocenters. The smallest absolute Gasteiger partial charge is 0.237 e. The number of carbonyl (C=O) groups is 1. The third kappa shape index (κ3) is 4.33. The molecule has 2 heterocycles. The summed E-state index contributed by atoms with van der Waals surface area (Å²) in [5.41, 5.74) is 0.906. The van der Waals surface area contributed by atoms with Crippen molar-refractivity contribution < 1.29 is 17.6 Å². The maximum absolute atomic E-state index is 13.3. The van der Waals surface area contributed by atoms with Crippen LogP contribution >= 0.6 is 0 Å². The molecule has 2 fully saturated rings. The fourth-order valence-corrected chi connectivity index (χ4v) is 4.78. The number of benzene rings is 1. The van der Waals surface area contributed by atoms with E-state index in [2.05, 4.69) is 0 Å². The zero-order valence-electron chi connectivity index (χ0n) is 13.7. The standard InChI is InChI=1S/C17H23FN2O3S/c18-15-4-1-3-14(11-15)12-16-5-2-6-20(16)17(21)13-19-7-9-24(22,23)10-8-19/h1,3-4,11,16H,2,5-10,12-13H2/t16-/m1/s1. The van der Waals surface area contributed by atoms with Crippen molar-refractivity contribution in [3.8, 4) is 0 Å². The van der Waals surface area contributed by atoms with Gasteiger partial charge in [0.1, 0.15) is 5.82 Å². The minimum atomic E-state index is -2.93. The average Bonchev–Trinajstić information content (AvgIpc) is 2.98. The molecule has 132 valence electrons. The van der Waals surface area contributed by atoms with Gasteiger partial charge in [-0.1, -0.05) is 12.1 Å². The van der Waals surface area contributed by atoms with Crippen LogP contribution < -0.4 is 0 Å². The lowest BCUT2D eigenvalue weighted by Gasteiger charge is -2.30. The van der Waals surface area contributed by atoms with Crippen LogP contribution in [0.15, 0.2) is 24.3 Å². The Morgan fingerprint density at radius 3 is 2.67 bits per heavy atom. The van der Waals surface area contributed by atoms with Crippen LogP contribution in [-0.4, -0.2) is 67.9 Å². The maximum Gasteiger partial charge on any atom is 0.237 e. The predicted molar refractivity (Wildman–Crippen MR) is 89.9 cm³/mol. The third-order valence-corrected chi connectivity index (χ3v) is 6.46. The zero-order valence-corrected chi connectivity index (χ0v) is 14.5. The summed E-state index contributed by atoms with van der Waals surface area (Å²) in [6.45, 7) is 1.85. The summed E-state index contributed by atoms with van der Waals surface area (Å²) in [7, 11) is -2.93. The van der Waals surface area contributed by atoms with Gasteiger partial charge in [0.05, 0.1) is 18.1 Å². The minimum Gasteiger partial charge on any atom is -0.338 e. The lowest BCUT2D eigenvalue weighted by Crippen LogP contribution is -2.48. The van der Waals surface area contributed by atoms with Crippen LogP contribution in [0.3, 0.4) is 0 Å². The molecule has 24 heavy (non-hydrogen) atoms. The molecule has 0 saturated carbocycles. The van der Waals surface area contributed by atoms with Gasteiger partial charge in [0.25, 0.3) is 0 Å². The van der Waals surface area contributed by atoms with Crippen molar-refractivity contribution in [2.45, 2.75) is 25.3 Å². The van der Waals surface area contributed by atoms with Crippen LogP contribution in [0.5, 0.6) is 0 Å². The van der Waals surface area contributed by atoms with Gasteiger partial charge in [0, 0.05) is 25.7 Å². The van der Waals surface area contributed by atoms with E-state index >= 15 is 0 Å². The number of hydrogen-bond donors (Lipinski definition) is 0. The summed E-state index contributed by atoms with van der Waals surface area (Å²) in [6, 6.07) is 6.63. The lowest BCUT2D eigenvalue weighted by atomic mass is 10.0. The largest absolute Gasteiger partial charge is 0.338 e. The second-order valence-electron chi connectivity index (χ2n) is 6.65. The molecule has 0 aliphatic carbocycles. The minimum absolute atomic E-state index is 0.0493. The van der Waals surface area contributed by atoms with Crippen molar-refractivity contribution in [3.05, 3.63) is 35.6 Å². The Bertz CT molecular complexity index is 694. The Morgan fingerprint density at radius 2 is 1.96 bits per heavy atom. The second-order valence-corrected chi connectivity index (χ2v) is 8.95. The summed E-state index contributed by atoms with van der Waals surface area (Å²) in [5.74, 6) is 0.0612. The van der Waals surface area contributed by atoms with Gasteiger partial charge in [-0.25, -0.2) is 12.8 Å². The van der Waals surface area contributed by atoms with Gasteiger partial charge >= 0.3 is 0 Å². The Balaban J connectivity index is 1.57. The molecular formula is C17H23FN2O3S. The number of halogens is 1. The van der Waals surface area contributed by atoms with E-state index in [4.69, 9.17) is 0 Å². The highest BCUT2D eigenvalue weighted by Gasteiger charge is 2.31. The van der Waals surface area contributed by atoms with E-state index in [1.165, 1.54) is 12.1 Å². The lowest BCUT2D eigenvalue weighted by molar-refractivity contribution is -0.133. The molecule has 2 aliphatic rings. The van der Waals surface area contributed by atoms with Crippen LogP contribution in [0.25, 0.3) is 0 Å². The summed E-state index contributed by atoms with van der Waals surface area (Å²) in [6.07, 6.45) is 2.55. The first-order valence-electron chi connectivity index (χ1n) is 8.40. The molecule has 1 aromatic rings. The fourth-order valence-electron chi connectivity index (χ4n) is 3.50. The quantitative estimate of drug-likeness (QED) is 0.812. The molecule has 1 atom stereocenters. The van der Waals surface area contributed by atoms with E-state index in [0.29, 0.717) is 19.5 Å². The summed E-state index contributed by atoms with van der Waals surface area (Å²) >= 11 is 0. The van der Waals surface area contributed by atoms with E-state index in [1.807, 2.05) is 15.9 Å². The topological polar surface area (TPSA) is 57.7 Å².